The third-order valence-electron chi connectivity index (χ3n) is 3.04. The van der Waals surface area contributed by atoms with Crippen LogP contribution < -0.4 is 11.1 Å². The maximum absolute atomic E-state index is 5.78. The molecule has 4 nitrogen and oxygen atoms in total. The molecule has 0 atom stereocenters. The first kappa shape index (κ1) is 16.2. The molecule has 19 heavy (non-hydrogen) atoms. The van der Waals surface area contributed by atoms with Gasteiger partial charge < -0.3 is 11.1 Å². The van der Waals surface area contributed by atoms with Crippen LogP contribution in [0.15, 0.2) is 12.3 Å². The number of hydrogen-bond donors (Lipinski definition) is 2. The number of nitrogens with two attached hydrogens (primary N) is 1. The second-order valence-corrected chi connectivity index (χ2v) is 5.13. The molecular formula is C14H25ClN4. The maximum Gasteiger partial charge on any atom is 0.224 e. The Morgan fingerprint density at radius 3 is 2.26 bits per heavy atom. The fraction of sp³-hybridized carbons (Fsp3) is 0.714. The third kappa shape index (κ3) is 8.78. The van der Waals surface area contributed by atoms with Gasteiger partial charge >= 0.3 is 0 Å². The first-order valence-corrected chi connectivity index (χ1v) is 7.63. The molecule has 0 bridgehead atoms. The highest BCUT2D eigenvalue weighted by Crippen LogP contribution is 2.09. The second-order valence-electron chi connectivity index (χ2n) is 4.75. The van der Waals surface area contributed by atoms with Crippen molar-refractivity contribution < 1.29 is 0 Å². The Morgan fingerprint density at radius 1 is 1.00 bits per heavy atom. The average Bonchev–Trinajstić information content (AvgIpc) is 2.41. The Bertz CT molecular complexity index is 333. The van der Waals surface area contributed by atoms with Gasteiger partial charge in [0.2, 0.25) is 5.95 Å². The smallest absolute Gasteiger partial charge is 0.224 e. The zero-order chi connectivity index (χ0) is 13.8. The van der Waals surface area contributed by atoms with Gasteiger partial charge in [-0.1, -0.05) is 50.1 Å². The first-order chi connectivity index (χ1) is 9.33. The van der Waals surface area contributed by atoms with Gasteiger partial charge in [0.15, 0.2) is 0 Å². The van der Waals surface area contributed by atoms with Gasteiger partial charge in [0.05, 0.1) is 0 Å². The highest BCUT2D eigenvalue weighted by atomic mass is 35.5. The van der Waals surface area contributed by atoms with Crippen LogP contribution in [0.4, 0.5) is 5.95 Å². The molecule has 0 unspecified atom stereocenters. The molecule has 0 saturated heterocycles. The number of hydrogen-bond acceptors (Lipinski definition) is 4. The molecule has 0 amide bonds. The first-order valence-electron chi connectivity index (χ1n) is 7.25. The molecule has 0 aromatic carbocycles. The van der Waals surface area contributed by atoms with E-state index in [0.717, 1.165) is 19.5 Å². The van der Waals surface area contributed by atoms with Crippen molar-refractivity contribution in [2.24, 2.45) is 5.73 Å². The lowest BCUT2D eigenvalue weighted by molar-refractivity contribution is 0.574. The molecule has 0 spiro atoms. The SMILES string of the molecule is NCCCCCCCCCCNc1nccc(Cl)n1. The predicted octanol–water partition coefficient (Wildman–Crippen LogP) is 3.62. The van der Waals surface area contributed by atoms with Gasteiger partial charge in [-0.15, -0.1) is 0 Å². The van der Waals surface area contributed by atoms with Crippen LogP contribution in [0.25, 0.3) is 0 Å². The summed E-state index contributed by atoms with van der Waals surface area (Å²) in [5.74, 6) is 0.620. The van der Waals surface area contributed by atoms with E-state index in [2.05, 4.69) is 15.3 Å². The van der Waals surface area contributed by atoms with Crippen LogP contribution in [0, 0.1) is 0 Å². The Balaban J connectivity index is 1.89. The van der Waals surface area contributed by atoms with Crippen molar-refractivity contribution in [1.29, 1.82) is 0 Å². The van der Waals surface area contributed by atoms with Crippen molar-refractivity contribution in [3.8, 4) is 0 Å². The van der Waals surface area contributed by atoms with Gasteiger partial charge in [-0.05, 0) is 25.5 Å². The Labute approximate surface area is 121 Å². The molecule has 0 radical (unpaired) electrons. The summed E-state index contributed by atoms with van der Waals surface area (Å²) in [7, 11) is 0. The number of nitrogens with one attached hydrogen (secondary N) is 1. The minimum Gasteiger partial charge on any atom is -0.354 e. The largest absolute Gasteiger partial charge is 0.354 e. The second kappa shape index (κ2) is 11.0. The molecule has 1 rings (SSSR count). The molecule has 1 aromatic rings. The van der Waals surface area contributed by atoms with Crippen molar-refractivity contribution in [3.05, 3.63) is 17.4 Å². The van der Waals surface area contributed by atoms with E-state index in [-0.39, 0.29) is 0 Å². The van der Waals surface area contributed by atoms with Crippen molar-refractivity contribution in [2.75, 3.05) is 18.4 Å². The number of nitrogens with zero attached hydrogens (tertiary/aromatic N) is 2. The number of unbranched alkanes of at least 4 members (excludes halogenated alkanes) is 7. The molecule has 108 valence electrons. The summed E-state index contributed by atoms with van der Waals surface area (Å²) < 4.78 is 0. The monoisotopic (exact) mass is 284 g/mol. The molecule has 1 heterocycles. The van der Waals surface area contributed by atoms with Crippen LogP contribution in [0.5, 0.6) is 0 Å². The molecule has 0 saturated carbocycles. The summed E-state index contributed by atoms with van der Waals surface area (Å²) in [6.45, 7) is 1.74. The summed E-state index contributed by atoms with van der Waals surface area (Å²) >= 11 is 5.78. The zero-order valence-corrected chi connectivity index (χ0v) is 12.3. The van der Waals surface area contributed by atoms with Crippen molar-refractivity contribution in [2.45, 2.75) is 51.4 Å². The van der Waals surface area contributed by atoms with Gasteiger partial charge in [0.1, 0.15) is 5.15 Å². The molecule has 5 heteroatoms. The predicted molar refractivity (Wildman–Crippen MR) is 81.5 cm³/mol. The summed E-state index contributed by atoms with van der Waals surface area (Å²) in [6, 6.07) is 1.68. The van der Waals surface area contributed by atoms with E-state index in [4.69, 9.17) is 17.3 Å². The lowest BCUT2D eigenvalue weighted by Gasteiger charge is -2.04. The van der Waals surface area contributed by atoms with Gasteiger partial charge in [-0.3, -0.25) is 0 Å². The molecule has 0 aliphatic carbocycles. The van der Waals surface area contributed by atoms with E-state index in [9.17, 15) is 0 Å². The van der Waals surface area contributed by atoms with Gasteiger partial charge in [-0.25, -0.2) is 9.97 Å². The lowest BCUT2D eigenvalue weighted by atomic mass is 10.1. The molecule has 1 aromatic heterocycles. The minimum atomic E-state index is 0.481. The number of aromatic nitrogens is 2. The molecule has 0 fully saturated rings. The summed E-state index contributed by atoms with van der Waals surface area (Å²) in [4.78, 5) is 8.18. The van der Waals surface area contributed by atoms with Crippen LogP contribution >= 0.6 is 11.6 Å². The van der Waals surface area contributed by atoms with Gasteiger partial charge in [0, 0.05) is 12.7 Å². The Hall–Kier alpha value is -0.870. The lowest BCUT2D eigenvalue weighted by Crippen LogP contribution is -2.05. The standard InChI is InChI=1S/C14H25ClN4/c15-13-9-12-18-14(19-13)17-11-8-6-4-2-1-3-5-7-10-16/h9,12H,1-8,10-11,16H2,(H,17,18,19). The van der Waals surface area contributed by atoms with Crippen molar-refractivity contribution in [3.63, 3.8) is 0 Å². The van der Waals surface area contributed by atoms with Gasteiger partial charge in [0.25, 0.3) is 0 Å². The highest BCUT2D eigenvalue weighted by Gasteiger charge is 1.96. The highest BCUT2D eigenvalue weighted by molar-refractivity contribution is 6.29. The number of halogens is 1. The third-order valence-corrected chi connectivity index (χ3v) is 3.25. The minimum absolute atomic E-state index is 0.481. The molecule has 0 aliphatic heterocycles. The fourth-order valence-corrected chi connectivity index (χ4v) is 2.09. The van der Waals surface area contributed by atoms with Crippen LogP contribution in [0.1, 0.15) is 51.4 Å². The van der Waals surface area contributed by atoms with Crippen molar-refractivity contribution >= 4 is 17.5 Å². The number of anilines is 1. The van der Waals surface area contributed by atoms with Crippen LogP contribution in [-0.2, 0) is 0 Å². The average molecular weight is 285 g/mol. The molecular weight excluding hydrogens is 260 g/mol. The topological polar surface area (TPSA) is 63.8 Å². The van der Waals surface area contributed by atoms with E-state index < -0.39 is 0 Å². The van der Waals surface area contributed by atoms with E-state index in [1.807, 2.05) is 0 Å². The van der Waals surface area contributed by atoms with E-state index in [1.54, 1.807) is 12.3 Å². The quantitative estimate of drug-likeness (QED) is 0.481. The van der Waals surface area contributed by atoms with E-state index in [0.29, 0.717) is 11.1 Å². The van der Waals surface area contributed by atoms with E-state index in [1.165, 1.54) is 44.9 Å². The maximum atomic E-state index is 5.78. The summed E-state index contributed by atoms with van der Waals surface area (Å²) in [5, 5.41) is 3.67. The Morgan fingerprint density at radius 2 is 1.63 bits per heavy atom. The van der Waals surface area contributed by atoms with Crippen LogP contribution in [0.3, 0.4) is 0 Å². The van der Waals surface area contributed by atoms with E-state index >= 15 is 0 Å². The molecule has 0 aliphatic rings. The van der Waals surface area contributed by atoms with Crippen LogP contribution in [0.2, 0.25) is 5.15 Å². The Kier molecular flexibility index (Phi) is 9.37. The normalized spacial score (nSPS) is 10.6. The fourth-order valence-electron chi connectivity index (χ4n) is 1.95. The molecule has 3 N–H and O–H groups in total. The van der Waals surface area contributed by atoms with Gasteiger partial charge in [-0.2, -0.15) is 0 Å². The summed E-state index contributed by atoms with van der Waals surface area (Å²) in [6.07, 6.45) is 11.8. The van der Waals surface area contributed by atoms with Crippen LogP contribution in [-0.4, -0.2) is 23.1 Å². The summed E-state index contributed by atoms with van der Waals surface area (Å²) in [5.41, 5.74) is 5.46. The number of rotatable bonds is 11. The zero-order valence-electron chi connectivity index (χ0n) is 11.6. The van der Waals surface area contributed by atoms with Crippen molar-refractivity contribution in [1.82, 2.24) is 9.97 Å².